The van der Waals surface area contributed by atoms with Gasteiger partial charge < -0.3 is 10.5 Å². The number of hydrogen-bond donors (Lipinski definition) is 1. The van der Waals surface area contributed by atoms with Crippen molar-refractivity contribution >= 4 is 5.91 Å². The second-order valence-corrected chi connectivity index (χ2v) is 4.87. The van der Waals surface area contributed by atoms with Crippen molar-refractivity contribution in [2.45, 2.75) is 61.3 Å². The van der Waals surface area contributed by atoms with Gasteiger partial charge in [0.1, 0.15) is 5.75 Å². The number of ether oxygens (including phenoxy) is 1. The van der Waals surface area contributed by atoms with Crippen LogP contribution in [0, 0.1) is 6.92 Å². The van der Waals surface area contributed by atoms with E-state index in [2.05, 4.69) is 11.9 Å². The molecular formula is C22H36N2O2. The summed E-state index contributed by atoms with van der Waals surface area (Å²) in [5.74, 6) is 0.551. The molecule has 0 bridgehead atoms. The molecule has 0 aliphatic carbocycles. The Bertz CT molecular complexity index is 625. The average molecular weight is 361 g/mol. The number of nitrogens with zero attached hydrogens (tertiary/aromatic N) is 1. The number of nitrogens with two attached hydrogens (primary N) is 1. The molecule has 0 fully saturated rings. The first-order valence-corrected chi connectivity index (χ1v) is 9.40. The van der Waals surface area contributed by atoms with Crippen LogP contribution in [0.2, 0.25) is 0 Å². The maximum atomic E-state index is 10.8. The SMILES string of the molecule is CC.CC.CCc1c(C)cncc1OC.CCc1ccccc1C(N)=O. The summed E-state index contributed by atoms with van der Waals surface area (Å²) in [6.07, 6.45) is 5.46. The minimum Gasteiger partial charge on any atom is -0.495 e. The highest BCUT2D eigenvalue weighted by molar-refractivity contribution is 5.94. The van der Waals surface area contributed by atoms with Gasteiger partial charge in [0, 0.05) is 11.8 Å². The van der Waals surface area contributed by atoms with Crippen LogP contribution in [-0.2, 0) is 12.8 Å². The van der Waals surface area contributed by atoms with Crippen LogP contribution < -0.4 is 10.5 Å². The predicted octanol–water partition coefficient (Wildman–Crippen LogP) is 5.36. The minimum atomic E-state index is -0.345. The lowest BCUT2D eigenvalue weighted by Crippen LogP contribution is -2.13. The highest BCUT2D eigenvalue weighted by atomic mass is 16.5. The van der Waals surface area contributed by atoms with E-state index in [1.807, 2.05) is 65.9 Å². The number of primary amides is 1. The van der Waals surface area contributed by atoms with Crippen LogP contribution >= 0.6 is 0 Å². The summed E-state index contributed by atoms with van der Waals surface area (Å²) < 4.78 is 5.15. The Labute approximate surface area is 159 Å². The zero-order chi connectivity index (χ0) is 20.5. The summed E-state index contributed by atoms with van der Waals surface area (Å²) in [7, 11) is 1.68. The van der Waals surface area contributed by atoms with Crippen LogP contribution in [0.1, 0.15) is 68.6 Å². The number of pyridine rings is 1. The molecule has 2 N–H and O–H groups in total. The van der Waals surface area contributed by atoms with E-state index in [9.17, 15) is 4.79 Å². The topological polar surface area (TPSA) is 65.2 Å². The van der Waals surface area contributed by atoms with Gasteiger partial charge in [-0.1, -0.05) is 59.7 Å². The van der Waals surface area contributed by atoms with Crippen LogP contribution in [0.4, 0.5) is 0 Å². The second kappa shape index (κ2) is 16.1. The van der Waals surface area contributed by atoms with Gasteiger partial charge in [0.25, 0.3) is 0 Å². The lowest BCUT2D eigenvalue weighted by Gasteiger charge is -2.07. The van der Waals surface area contributed by atoms with Gasteiger partial charge in [0.2, 0.25) is 5.91 Å². The van der Waals surface area contributed by atoms with E-state index in [-0.39, 0.29) is 5.91 Å². The molecule has 26 heavy (non-hydrogen) atoms. The van der Waals surface area contributed by atoms with Crippen LogP contribution in [-0.4, -0.2) is 18.0 Å². The van der Waals surface area contributed by atoms with E-state index in [1.54, 1.807) is 19.4 Å². The number of amides is 1. The zero-order valence-electron chi connectivity index (χ0n) is 17.7. The largest absolute Gasteiger partial charge is 0.495 e. The molecule has 1 amide bonds. The van der Waals surface area contributed by atoms with E-state index < -0.39 is 0 Å². The van der Waals surface area contributed by atoms with Gasteiger partial charge in [-0.25, -0.2) is 0 Å². The highest BCUT2D eigenvalue weighted by Crippen LogP contribution is 2.19. The normalized spacial score (nSPS) is 8.62. The monoisotopic (exact) mass is 360 g/mol. The van der Waals surface area contributed by atoms with Crippen molar-refractivity contribution in [1.29, 1.82) is 0 Å². The van der Waals surface area contributed by atoms with E-state index in [1.165, 1.54) is 11.1 Å². The molecule has 0 saturated heterocycles. The summed E-state index contributed by atoms with van der Waals surface area (Å²) in [5, 5.41) is 0. The Morgan fingerprint density at radius 3 is 2.00 bits per heavy atom. The van der Waals surface area contributed by atoms with Crippen molar-refractivity contribution in [3.05, 3.63) is 58.9 Å². The highest BCUT2D eigenvalue weighted by Gasteiger charge is 2.03. The molecule has 0 aliphatic heterocycles. The van der Waals surface area contributed by atoms with Gasteiger partial charge in [0.15, 0.2) is 0 Å². The third-order valence-electron chi connectivity index (χ3n) is 3.47. The van der Waals surface area contributed by atoms with Gasteiger partial charge in [0.05, 0.1) is 13.3 Å². The Kier molecular flexibility index (Phi) is 16.0. The van der Waals surface area contributed by atoms with Gasteiger partial charge in [-0.15, -0.1) is 0 Å². The molecule has 1 heterocycles. The molecule has 0 spiro atoms. The number of aromatic nitrogens is 1. The zero-order valence-corrected chi connectivity index (χ0v) is 17.7. The number of hydrogen-bond acceptors (Lipinski definition) is 3. The van der Waals surface area contributed by atoms with Crippen LogP contribution in [0.25, 0.3) is 0 Å². The second-order valence-electron chi connectivity index (χ2n) is 4.87. The number of carbonyl (C=O) groups is 1. The summed E-state index contributed by atoms with van der Waals surface area (Å²) >= 11 is 0. The summed E-state index contributed by atoms with van der Waals surface area (Å²) in [6, 6.07) is 7.39. The molecule has 2 rings (SSSR count). The van der Waals surface area contributed by atoms with Crippen LogP contribution in [0.5, 0.6) is 5.75 Å². The van der Waals surface area contributed by atoms with Crippen molar-refractivity contribution in [1.82, 2.24) is 4.98 Å². The molecule has 2 aromatic rings. The number of benzene rings is 1. The van der Waals surface area contributed by atoms with E-state index >= 15 is 0 Å². The molecule has 1 aromatic heterocycles. The fourth-order valence-corrected chi connectivity index (χ4v) is 2.26. The Hall–Kier alpha value is -2.36. The third-order valence-corrected chi connectivity index (χ3v) is 3.47. The molecule has 0 atom stereocenters. The summed E-state index contributed by atoms with van der Waals surface area (Å²) in [4.78, 5) is 14.8. The standard InChI is InChI=1S/C9H13NO.C9H11NO.2C2H6/c1-4-8-7(2)5-10-6-9(8)11-3;1-2-7-5-3-4-6-8(7)9(10)11;2*1-2/h5-6H,4H2,1-3H3;3-6H,2H2,1H3,(H2,10,11);2*1-2H3. The maximum Gasteiger partial charge on any atom is 0.248 e. The molecule has 1 aromatic carbocycles. The molecule has 0 unspecified atom stereocenters. The van der Waals surface area contributed by atoms with E-state index in [4.69, 9.17) is 10.5 Å². The van der Waals surface area contributed by atoms with Crippen LogP contribution in [0.15, 0.2) is 36.7 Å². The number of aryl methyl sites for hydroxylation is 2. The first-order chi connectivity index (χ1) is 12.5. The minimum absolute atomic E-state index is 0.345. The van der Waals surface area contributed by atoms with E-state index in [0.29, 0.717) is 5.56 Å². The molecule has 0 saturated carbocycles. The predicted molar refractivity (Wildman–Crippen MR) is 112 cm³/mol. The van der Waals surface area contributed by atoms with Crippen molar-refractivity contribution in [2.75, 3.05) is 7.11 Å². The maximum absolute atomic E-state index is 10.8. The number of methoxy groups -OCH3 is 1. The lowest BCUT2D eigenvalue weighted by atomic mass is 10.1. The molecule has 4 nitrogen and oxygen atoms in total. The first-order valence-electron chi connectivity index (χ1n) is 9.40. The van der Waals surface area contributed by atoms with Crippen molar-refractivity contribution in [3.8, 4) is 5.75 Å². The third kappa shape index (κ3) is 8.65. The Morgan fingerprint density at radius 2 is 1.62 bits per heavy atom. The van der Waals surface area contributed by atoms with Gasteiger partial charge in [-0.05, 0) is 42.5 Å². The van der Waals surface area contributed by atoms with E-state index in [0.717, 1.165) is 24.2 Å². The fourth-order valence-electron chi connectivity index (χ4n) is 2.26. The van der Waals surface area contributed by atoms with Gasteiger partial charge >= 0.3 is 0 Å². The van der Waals surface area contributed by atoms with Crippen molar-refractivity contribution < 1.29 is 9.53 Å². The smallest absolute Gasteiger partial charge is 0.248 e. The quantitative estimate of drug-likeness (QED) is 0.798. The Morgan fingerprint density at radius 1 is 1.04 bits per heavy atom. The van der Waals surface area contributed by atoms with Gasteiger partial charge in [-0.2, -0.15) is 0 Å². The molecular weight excluding hydrogens is 324 g/mol. The average Bonchev–Trinajstić information content (AvgIpc) is 2.71. The van der Waals surface area contributed by atoms with Crippen molar-refractivity contribution in [2.24, 2.45) is 5.73 Å². The van der Waals surface area contributed by atoms with Gasteiger partial charge in [-0.3, -0.25) is 9.78 Å². The van der Waals surface area contributed by atoms with Crippen LogP contribution in [0.3, 0.4) is 0 Å². The number of rotatable bonds is 4. The molecule has 0 aliphatic rings. The first kappa shape index (κ1) is 25.9. The molecule has 146 valence electrons. The molecule has 0 radical (unpaired) electrons. The summed E-state index contributed by atoms with van der Waals surface area (Å²) in [5.41, 5.74) is 9.25. The fraction of sp³-hybridized carbons (Fsp3) is 0.455. The number of carbonyl (C=O) groups excluding carboxylic acids is 1. The Balaban J connectivity index is 0. The summed E-state index contributed by atoms with van der Waals surface area (Å²) in [6.45, 7) is 14.2. The molecule has 4 heteroatoms. The van der Waals surface area contributed by atoms with Crippen molar-refractivity contribution in [3.63, 3.8) is 0 Å². The lowest BCUT2D eigenvalue weighted by molar-refractivity contribution is 0.0999.